The maximum absolute atomic E-state index is 13.3. The van der Waals surface area contributed by atoms with E-state index in [0.717, 1.165) is 35.3 Å². The van der Waals surface area contributed by atoms with Crippen molar-refractivity contribution in [1.29, 1.82) is 0 Å². The molecule has 0 radical (unpaired) electrons. The van der Waals surface area contributed by atoms with E-state index in [-0.39, 0.29) is 5.91 Å². The Morgan fingerprint density at radius 1 is 1.13 bits per heavy atom. The van der Waals surface area contributed by atoms with E-state index in [1.54, 1.807) is 30.5 Å². The quantitative estimate of drug-likeness (QED) is 0.408. The van der Waals surface area contributed by atoms with Crippen LogP contribution in [0.1, 0.15) is 34.5 Å². The largest absolute Gasteiger partial charge is 0.331 e. The topological polar surface area (TPSA) is 63.9 Å². The van der Waals surface area contributed by atoms with Crippen LogP contribution in [0.25, 0.3) is 11.2 Å². The lowest BCUT2D eigenvalue weighted by Crippen LogP contribution is -2.32. The van der Waals surface area contributed by atoms with Crippen molar-refractivity contribution < 1.29 is 4.79 Å². The third-order valence-corrected chi connectivity index (χ3v) is 6.26. The number of benzene rings is 1. The summed E-state index contributed by atoms with van der Waals surface area (Å²) in [5.74, 6) is 0.0186. The molecule has 156 valence electrons. The molecule has 1 aliphatic carbocycles. The summed E-state index contributed by atoms with van der Waals surface area (Å²) in [7, 11) is 0. The van der Waals surface area contributed by atoms with Crippen molar-refractivity contribution in [2.24, 2.45) is 0 Å². The van der Waals surface area contributed by atoms with E-state index in [1.165, 1.54) is 4.90 Å². The number of thioether (sulfide) groups is 1. The van der Waals surface area contributed by atoms with Gasteiger partial charge in [-0.3, -0.25) is 9.78 Å². The predicted molar refractivity (Wildman–Crippen MR) is 122 cm³/mol. The summed E-state index contributed by atoms with van der Waals surface area (Å²) in [6.45, 7) is 1.21. The van der Waals surface area contributed by atoms with Gasteiger partial charge in [0.1, 0.15) is 5.52 Å². The lowest BCUT2D eigenvalue weighted by atomic mass is 10.1. The van der Waals surface area contributed by atoms with Crippen LogP contribution in [0.4, 0.5) is 0 Å². The zero-order valence-corrected chi connectivity index (χ0v) is 18.1. The Morgan fingerprint density at radius 3 is 2.68 bits per heavy atom. The molecule has 7 heteroatoms. The van der Waals surface area contributed by atoms with Gasteiger partial charge in [-0.25, -0.2) is 9.97 Å². The fraction of sp³-hybridized carbons (Fsp3) is 0.250. The summed E-state index contributed by atoms with van der Waals surface area (Å²) >= 11 is 1.72. The lowest BCUT2D eigenvalue weighted by Gasteiger charge is -2.22. The summed E-state index contributed by atoms with van der Waals surface area (Å²) in [6, 6.07) is 16.4. The first kappa shape index (κ1) is 19.8. The second-order valence-corrected chi connectivity index (χ2v) is 8.65. The lowest BCUT2D eigenvalue weighted by molar-refractivity contribution is 0.0729. The van der Waals surface area contributed by atoms with E-state index < -0.39 is 0 Å². The normalized spacial score (nSPS) is 13.5. The Hall–Kier alpha value is -3.19. The first-order chi connectivity index (χ1) is 15.2. The third-order valence-electron chi connectivity index (χ3n) is 5.52. The average Bonchev–Trinajstić information content (AvgIpc) is 3.59. The number of rotatable bonds is 7. The molecule has 0 unspecified atom stereocenters. The predicted octanol–water partition coefficient (Wildman–Crippen LogP) is 4.40. The molecule has 3 heterocycles. The average molecular weight is 430 g/mol. The molecular weight excluding hydrogens is 406 g/mol. The van der Waals surface area contributed by atoms with Crippen LogP contribution < -0.4 is 0 Å². The smallest absolute Gasteiger partial charge is 0.256 e. The number of carbonyl (C=O) groups excluding carboxylic acids is 1. The number of amides is 1. The second kappa shape index (κ2) is 8.51. The van der Waals surface area contributed by atoms with E-state index in [2.05, 4.69) is 45.5 Å². The van der Waals surface area contributed by atoms with E-state index in [1.807, 2.05) is 33.7 Å². The first-order valence-electron chi connectivity index (χ1n) is 10.4. The molecule has 1 aliphatic rings. The molecular formula is C24H23N5OS. The summed E-state index contributed by atoms with van der Waals surface area (Å²) < 4.78 is 1.96. The monoisotopic (exact) mass is 429 g/mol. The number of imidazole rings is 1. The molecule has 1 amide bonds. The minimum absolute atomic E-state index is 0.0186. The van der Waals surface area contributed by atoms with Crippen LogP contribution in [0.3, 0.4) is 0 Å². The third kappa shape index (κ3) is 4.32. The highest BCUT2D eigenvalue weighted by Gasteiger charge is 2.33. The van der Waals surface area contributed by atoms with E-state index >= 15 is 0 Å². The standard InChI is InChI=1S/C24H23N5OS/c1-31-21-9-5-17(6-10-21)14-29(20-7-8-20)24(30)18-12-22-23(26-13-18)28(16-27-22)15-19-4-2-3-11-25-19/h2-6,9-13,16,20H,7-8,14-15H2,1H3. The van der Waals surface area contributed by atoms with Crippen molar-refractivity contribution >= 4 is 28.8 Å². The molecule has 31 heavy (non-hydrogen) atoms. The fourth-order valence-corrected chi connectivity index (χ4v) is 4.10. The number of hydrogen-bond donors (Lipinski definition) is 0. The van der Waals surface area contributed by atoms with Crippen molar-refractivity contribution in [3.63, 3.8) is 0 Å². The van der Waals surface area contributed by atoms with E-state index in [4.69, 9.17) is 0 Å². The molecule has 0 atom stereocenters. The Kier molecular flexibility index (Phi) is 5.42. The number of hydrogen-bond acceptors (Lipinski definition) is 5. The summed E-state index contributed by atoms with van der Waals surface area (Å²) in [4.78, 5) is 30.0. The number of aromatic nitrogens is 4. The van der Waals surface area contributed by atoms with Crippen LogP contribution in [-0.2, 0) is 13.1 Å². The summed E-state index contributed by atoms with van der Waals surface area (Å²) in [5.41, 5.74) is 4.15. The maximum atomic E-state index is 13.3. The molecule has 5 rings (SSSR count). The first-order valence-corrected chi connectivity index (χ1v) is 11.6. The van der Waals surface area contributed by atoms with Crippen LogP contribution in [0.5, 0.6) is 0 Å². The minimum Gasteiger partial charge on any atom is -0.331 e. The van der Waals surface area contributed by atoms with E-state index in [9.17, 15) is 4.79 Å². The van der Waals surface area contributed by atoms with Gasteiger partial charge in [0.2, 0.25) is 0 Å². The van der Waals surface area contributed by atoms with Gasteiger partial charge in [0.15, 0.2) is 5.65 Å². The number of nitrogens with zero attached hydrogens (tertiary/aromatic N) is 5. The highest BCUT2D eigenvalue weighted by atomic mass is 32.2. The maximum Gasteiger partial charge on any atom is 0.256 e. The van der Waals surface area contributed by atoms with Crippen molar-refractivity contribution in [1.82, 2.24) is 24.4 Å². The second-order valence-electron chi connectivity index (χ2n) is 7.77. The molecule has 3 aromatic heterocycles. The Bertz CT molecular complexity index is 1200. The molecule has 1 aromatic carbocycles. The van der Waals surface area contributed by atoms with Gasteiger partial charge >= 0.3 is 0 Å². The van der Waals surface area contributed by atoms with Crippen molar-refractivity contribution in [2.45, 2.75) is 36.9 Å². The zero-order valence-electron chi connectivity index (χ0n) is 17.3. The molecule has 4 aromatic rings. The van der Waals surface area contributed by atoms with Crippen LogP contribution in [0.2, 0.25) is 0 Å². The molecule has 0 bridgehead atoms. The molecule has 0 spiro atoms. The molecule has 0 N–H and O–H groups in total. The molecule has 1 saturated carbocycles. The summed E-state index contributed by atoms with van der Waals surface area (Å²) in [6.07, 6.45) is 9.39. The minimum atomic E-state index is 0.0186. The van der Waals surface area contributed by atoms with Crippen molar-refractivity contribution in [2.75, 3.05) is 6.26 Å². The SMILES string of the molecule is CSc1ccc(CN(C(=O)c2cnc3c(c2)ncn3Cc2ccccn2)C2CC2)cc1. The Balaban J connectivity index is 1.37. The van der Waals surface area contributed by atoms with Gasteiger partial charge in [0, 0.05) is 29.9 Å². The molecule has 0 saturated heterocycles. The van der Waals surface area contributed by atoms with Gasteiger partial charge in [-0.2, -0.15) is 0 Å². The number of pyridine rings is 2. The Morgan fingerprint density at radius 2 is 1.97 bits per heavy atom. The van der Waals surface area contributed by atoms with Gasteiger partial charge in [-0.05, 0) is 55.0 Å². The molecule has 6 nitrogen and oxygen atoms in total. The number of carbonyl (C=O) groups is 1. The van der Waals surface area contributed by atoms with Gasteiger partial charge in [0.25, 0.3) is 5.91 Å². The van der Waals surface area contributed by atoms with Gasteiger partial charge in [-0.1, -0.05) is 18.2 Å². The van der Waals surface area contributed by atoms with Gasteiger partial charge < -0.3 is 9.47 Å². The van der Waals surface area contributed by atoms with Crippen LogP contribution >= 0.6 is 11.8 Å². The van der Waals surface area contributed by atoms with Crippen molar-refractivity contribution in [3.05, 3.63) is 84.1 Å². The fourth-order valence-electron chi connectivity index (χ4n) is 3.69. The zero-order chi connectivity index (χ0) is 21.2. The highest BCUT2D eigenvalue weighted by molar-refractivity contribution is 7.98. The highest BCUT2D eigenvalue weighted by Crippen LogP contribution is 2.30. The molecule has 1 fully saturated rings. The summed E-state index contributed by atoms with van der Waals surface area (Å²) in [5, 5.41) is 0. The van der Waals surface area contributed by atoms with E-state index in [0.29, 0.717) is 24.7 Å². The number of fused-ring (bicyclic) bond motifs is 1. The van der Waals surface area contributed by atoms with Gasteiger partial charge in [0.05, 0.1) is 24.1 Å². The molecule has 0 aliphatic heterocycles. The van der Waals surface area contributed by atoms with Crippen LogP contribution in [-0.4, -0.2) is 42.6 Å². The van der Waals surface area contributed by atoms with Crippen LogP contribution in [0.15, 0.2) is 72.1 Å². The Labute approximate surface area is 185 Å². The van der Waals surface area contributed by atoms with Crippen molar-refractivity contribution in [3.8, 4) is 0 Å². The van der Waals surface area contributed by atoms with Gasteiger partial charge in [-0.15, -0.1) is 11.8 Å². The van der Waals surface area contributed by atoms with Crippen LogP contribution in [0, 0.1) is 0 Å².